The standard InChI is InChI=1S/C16H32N4O/c1-14-6-9-20(10-7-14)16(17-2)18-13-15-5-4-8-19(15)11-12-21-3/h14-15H,4-13H2,1-3H3,(H,17,18). The first kappa shape index (κ1) is 16.6. The third kappa shape index (κ3) is 4.85. The fraction of sp³-hybridized carbons (Fsp3) is 0.938. The lowest BCUT2D eigenvalue weighted by Crippen LogP contribution is -2.49. The van der Waals surface area contributed by atoms with Gasteiger partial charge in [0.2, 0.25) is 0 Å². The summed E-state index contributed by atoms with van der Waals surface area (Å²) in [4.78, 5) is 9.43. The third-order valence-corrected chi connectivity index (χ3v) is 4.87. The van der Waals surface area contributed by atoms with E-state index >= 15 is 0 Å². The Kier molecular flexibility index (Phi) is 6.77. The van der Waals surface area contributed by atoms with E-state index in [1.54, 1.807) is 7.11 Å². The van der Waals surface area contributed by atoms with E-state index in [4.69, 9.17) is 4.74 Å². The molecular formula is C16H32N4O. The number of rotatable bonds is 5. The van der Waals surface area contributed by atoms with Crippen LogP contribution in [0.15, 0.2) is 4.99 Å². The van der Waals surface area contributed by atoms with Gasteiger partial charge in [-0.1, -0.05) is 6.92 Å². The van der Waals surface area contributed by atoms with E-state index in [0.29, 0.717) is 6.04 Å². The number of piperidine rings is 1. The van der Waals surface area contributed by atoms with Crippen molar-refractivity contribution in [2.24, 2.45) is 10.9 Å². The van der Waals surface area contributed by atoms with E-state index in [9.17, 15) is 0 Å². The molecule has 2 aliphatic rings. The molecule has 2 fully saturated rings. The Morgan fingerprint density at radius 2 is 2.00 bits per heavy atom. The summed E-state index contributed by atoms with van der Waals surface area (Å²) in [5, 5.41) is 3.60. The average molecular weight is 296 g/mol. The number of methoxy groups -OCH3 is 1. The van der Waals surface area contributed by atoms with E-state index in [1.165, 1.54) is 32.2 Å². The average Bonchev–Trinajstić information content (AvgIpc) is 2.95. The summed E-state index contributed by atoms with van der Waals surface area (Å²) >= 11 is 0. The molecule has 5 heteroatoms. The monoisotopic (exact) mass is 296 g/mol. The van der Waals surface area contributed by atoms with Gasteiger partial charge in [0.15, 0.2) is 5.96 Å². The van der Waals surface area contributed by atoms with E-state index in [-0.39, 0.29) is 0 Å². The van der Waals surface area contributed by atoms with Crippen LogP contribution in [-0.2, 0) is 4.74 Å². The lowest BCUT2D eigenvalue weighted by molar-refractivity contribution is 0.141. The highest BCUT2D eigenvalue weighted by atomic mass is 16.5. The number of guanidine groups is 1. The van der Waals surface area contributed by atoms with E-state index in [0.717, 1.165) is 44.7 Å². The first-order valence-electron chi connectivity index (χ1n) is 8.43. The van der Waals surface area contributed by atoms with Gasteiger partial charge in [0.25, 0.3) is 0 Å². The molecule has 0 aliphatic carbocycles. The van der Waals surface area contributed by atoms with Crippen molar-refractivity contribution in [2.45, 2.75) is 38.6 Å². The minimum Gasteiger partial charge on any atom is -0.383 e. The van der Waals surface area contributed by atoms with Gasteiger partial charge in [0, 0.05) is 46.4 Å². The van der Waals surface area contributed by atoms with E-state index in [1.807, 2.05) is 7.05 Å². The molecule has 0 amide bonds. The number of aliphatic imine (C=N–C) groups is 1. The number of hydrogen-bond acceptors (Lipinski definition) is 3. The van der Waals surface area contributed by atoms with Crippen molar-refractivity contribution in [1.82, 2.24) is 15.1 Å². The topological polar surface area (TPSA) is 40.1 Å². The first-order valence-corrected chi connectivity index (χ1v) is 8.43. The Morgan fingerprint density at radius 3 is 2.67 bits per heavy atom. The number of nitrogens with one attached hydrogen (secondary N) is 1. The lowest BCUT2D eigenvalue weighted by Gasteiger charge is -2.34. The minimum atomic E-state index is 0.626. The van der Waals surface area contributed by atoms with Crippen LogP contribution in [0, 0.1) is 5.92 Å². The number of likely N-dealkylation sites (tertiary alicyclic amines) is 2. The van der Waals surface area contributed by atoms with Crippen LogP contribution in [0.4, 0.5) is 0 Å². The molecule has 0 spiro atoms. The molecule has 1 N–H and O–H groups in total. The molecule has 0 bridgehead atoms. The number of ether oxygens (including phenoxy) is 1. The normalized spacial score (nSPS) is 25.6. The van der Waals surface area contributed by atoms with Gasteiger partial charge in [-0.3, -0.25) is 9.89 Å². The first-order chi connectivity index (χ1) is 10.2. The summed E-state index contributed by atoms with van der Waals surface area (Å²) in [5.41, 5.74) is 0. The molecule has 2 rings (SSSR count). The second kappa shape index (κ2) is 8.59. The molecule has 122 valence electrons. The van der Waals surface area contributed by atoms with Crippen molar-refractivity contribution in [3.05, 3.63) is 0 Å². The summed E-state index contributed by atoms with van der Waals surface area (Å²) in [6.45, 7) is 8.70. The zero-order valence-electron chi connectivity index (χ0n) is 14.0. The predicted molar refractivity (Wildman–Crippen MR) is 87.8 cm³/mol. The molecule has 0 aromatic heterocycles. The van der Waals surface area contributed by atoms with Gasteiger partial charge >= 0.3 is 0 Å². The third-order valence-electron chi connectivity index (χ3n) is 4.87. The Labute approximate surface area is 129 Å². The summed E-state index contributed by atoms with van der Waals surface area (Å²) in [6.07, 6.45) is 5.15. The Hall–Kier alpha value is -0.810. The van der Waals surface area contributed by atoms with Crippen LogP contribution >= 0.6 is 0 Å². The zero-order valence-corrected chi connectivity index (χ0v) is 14.0. The predicted octanol–water partition coefficient (Wildman–Crippen LogP) is 1.40. The largest absolute Gasteiger partial charge is 0.383 e. The molecule has 0 aromatic rings. The molecule has 2 heterocycles. The molecule has 2 aliphatic heterocycles. The molecule has 1 atom stereocenters. The summed E-state index contributed by atoms with van der Waals surface area (Å²) in [7, 11) is 3.68. The van der Waals surface area contributed by atoms with E-state index < -0.39 is 0 Å². The van der Waals surface area contributed by atoms with Crippen molar-refractivity contribution in [3.63, 3.8) is 0 Å². The highest BCUT2D eigenvalue weighted by Crippen LogP contribution is 2.17. The van der Waals surface area contributed by atoms with Crippen LogP contribution in [-0.4, -0.2) is 75.3 Å². The van der Waals surface area contributed by atoms with Gasteiger partial charge in [0.1, 0.15) is 0 Å². The maximum absolute atomic E-state index is 5.21. The van der Waals surface area contributed by atoms with Crippen molar-refractivity contribution in [3.8, 4) is 0 Å². The van der Waals surface area contributed by atoms with E-state index in [2.05, 4.69) is 27.0 Å². The Balaban J connectivity index is 1.77. The fourth-order valence-electron chi connectivity index (χ4n) is 3.39. The van der Waals surface area contributed by atoms with Gasteiger partial charge in [0.05, 0.1) is 6.61 Å². The SMILES string of the molecule is CN=C(NCC1CCCN1CCOC)N1CCC(C)CC1. The number of nitrogens with zero attached hydrogens (tertiary/aromatic N) is 3. The minimum absolute atomic E-state index is 0.626. The van der Waals surface area contributed by atoms with Gasteiger partial charge in [-0.2, -0.15) is 0 Å². The van der Waals surface area contributed by atoms with Gasteiger partial charge in [-0.15, -0.1) is 0 Å². The molecule has 0 aromatic carbocycles. The zero-order chi connectivity index (χ0) is 15.1. The quantitative estimate of drug-likeness (QED) is 0.615. The maximum atomic E-state index is 5.21. The van der Waals surface area contributed by atoms with Crippen LogP contribution < -0.4 is 5.32 Å². The summed E-state index contributed by atoms with van der Waals surface area (Å²) in [6, 6.07) is 0.626. The molecule has 0 radical (unpaired) electrons. The Morgan fingerprint density at radius 1 is 1.24 bits per heavy atom. The van der Waals surface area contributed by atoms with Crippen molar-refractivity contribution in [2.75, 3.05) is 53.5 Å². The van der Waals surface area contributed by atoms with Crippen LogP contribution in [0.2, 0.25) is 0 Å². The molecule has 5 nitrogen and oxygen atoms in total. The second-order valence-electron chi connectivity index (χ2n) is 6.42. The maximum Gasteiger partial charge on any atom is 0.193 e. The Bertz CT molecular complexity index is 326. The molecule has 2 saturated heterocycles. The van der Waals surface area contributed by atoms with Gasteiger partial charge < -0.3 is 15.0 Å². The second-order valence-corrected chi connectivity index (χ2v) is 6.42. The molecular weight excluding hydrogens is 264 g/mol. The van der Waals surface area contributed by atoms with Gasteiger partial charge in [-0.05, 0) is 38.1 Å². The highest BCUT2D eigenvalue weighted by molar-refractivity contribution is 5.80. The molecule has 0 saturated carbocycles. The van der Waals surface area contributed by atoms with Crippen LogP contribution in [0.1, 0.15) is 32.6 Å². The summed E-state index contributed by atoms with van der Waals surface area (Å²) < 4.78 is 5.21. The highest BCUT2D eigenvalue weighted by Gasteiger charge is 2.25. The smallest absolute Gasteiger partial charge is 0.193 e. The molecule has 21 heavy (non-hydrogen) atoms. The van der Waals surface area contributed by atoms with Crippen LogP contribution in [0.5, 0.6) is 0 Å². The van der Waals surface area contributed by atoms with Crippen LogP contribution in [0.3, 0.4) is 0 Å². The summed E-state index contributed by atoms with van der Waals surface area (Å²) in [5.74, 6) is 1.94. The molecule has 1 unspecified atom stereocenters. The van der Waals surface area contributed by atoms with Crippen LogP contribution in [0.25, 0.3) is 0 Å². The van der Waals surface area contributed by atoms with Crippen molar-refractivity contribution >= 4 is 5.96 Å². The number of hydrogen-bond donors (Lipinski definition) is 1. The van der Waals surface area contributed by atoms with Crippen molar-refractivity contribution in [1.29, 1.82) is 0 Å². The van der Waals surface area contributed by atoms with Gasteiger partial charge in [-0.25, -0.2) is 0 Å². The fourth-order valence-corrected chi connectivity index (χ4v) is 3.39. The van der Waals surface area contributed by atoms with Crippen molar-refractivity contribution < 1.29 is 4.74 Å². The lowest BCUT2D eigenvalue weighted by atomic mass is 9.99.